The number of esters is 1. The van der Waals surface area contributed by atoms with Crippen LogP contribution in [0, 0.1) is 56.2 Å². The van der Waals surface area contributed by atoms with E-state index >= 15 is 0 Å². The number of ether oxygens (including phenoxy) is 4. The molecule has 0 aromatic heterocycles. The fourth-order valence-corrected chi connectivity index (χ4v) is 15.2. The van der Waals surface area contributed by atoms with Crippen molar-refractivity contribution in [1.82, 2.24) is 4.90 Å². The molecule has 7 fully saturated rings. The van der Waals surface area contributed by atoms with Crippen molar-refractivity contribution in [2.75, 3.05) is 19.7 Å². The van der Waals surface area contributed by atoms with Crippen LogP contribution in [0.15, 0.2) is 0 Å². The molecule has 2 N–H and O–H groups in total. The maximum Gasteiger partial charge on any atom is 0.303 e. The highest BCUT2D eigenvalue weighted by molar-refractivity contribution is 5.73. The number of aliphatic hydroxyl groups is 2. The molecule has 7 rings (SSSR count). The third-order valence-electron chi connectivity index (χ3n) is 17.8. The molecule has 2 aliphatic heterocycles. The lowest BCUT2D eigenvalue weighted by atomic mass is 9.38. The summed E-state index contributed by atoms with van der Waals surface area (Å²) in [4.78, 5) is 26.3. The largest absolute Gasteiger partial charge is 0.457 e. The van der Waals surface area contributed by atoms with E-state index in [4.69, 9.17) is 18.9 Å². The highest BCUT2D eigenvalue weighted by Gasteiger charge is 2.90. The van der Waals surface area contributed by atoms with Crippen LogP contribution >= 0.6 is 0 Å². The Kier molecular flexibility index (Phi) is 8.26. The van der Waals surface area contributed by atoms with Gasteiger partial charge in [0, 0.05) is 25.8 Å². The van der Waals surface area contributed by atoms with Gasteiger partial charge < -0.3 is 34.1 Å². The van der Waals surface area contributed by atoms with Gasteiger partial charge in [0.1, 0.15) is 0 Å². The molecule has 7 aliphatic rings. The Labute approximate surface area is 300 Å². The lowest BCUT2D eigenvalue weighted by Gasteiger charge is -2.67. The summed E-state index contributed by atoms with van der Waals surface area (Å²) in [6.45, 7) is 27.0. The molecule has 0 aromatic rings. The summed E-state index contributed by atoms with van der Waals surface area (Å²) in [6, 6.07) is 0. The summed E-state index contributed by atoms with van der Waals surface area (Å²) in [7, 11) is 0. The third-order valence-corrected chi connectivity index (χ3v) is 17.8. The van der Waals surface area contributed by atoms with Gasteiger partial charge in [0.25, 0.3) is 0 Å². The smallest absolute Gasteiger partial charge is 0.303 e. The van der Waals surface area contributed by atoms with Crippen LogP contribution in [0.5, 0.6) is 0 Å². The van der Waals surface area contributed by atoms with Crippen molar-refractivity contribution in [1.29, 1.82) is 0 Å². The van der Waals surface area contributed by atoms with Gasteiger partial charge >= 0.3 is 5.97 Å². The monoisotopic (exact) mass is 701 g/mol. The number of nitrogens with zero attached hydrogens (tertiary/aromatic N) is 1. The fourth-order valence-electron chi connectivity index (χ4n) is 15.2. The zero-order valence-electron chi connectivity index (χ0n) is 33.1. The van der Waals surface area contributed by atoms with Gasteiger partial charge in [0.15, 0.2) is 11.9 Å². The number of morpholine rings is 1. The first kappa shape index (κ1) is 37.1. The normalized spacial score (nSPS) is 52.8. The number of aliphatic hydroxyl groups excluding tert-OH is 1. The van der Waals surface area contributed by atoms with E-state index in [0.717, 1.165) is 32.1 Å². The van der Waals surface area contributed by atoms with Crippen LogP contribution in [-0.4, -0.2) is 88.6 Å². The number of hydrogen-bond acceptors (Lipinski definition) is 8. The highest BCUT2D eigenvalue weighted by atomic mass is 16.7. The van der Waals surface area contributed by atoms with Crippen molar-refractivity contribution >= 4 is 11.9 Å². The molecule has 15 atom stereocenters. The quantitative estimate of drug-likeness (QED) is 0.330. The number of carbonyl (C=O) groups is 2. The summed E-state index contributed by atoms with van der Waals surface area (Å²) < 4.78 is 25.9. The zero-order valence-corrected chi connectivity index (χ0v) is 33.1. The minimum absolute atomic E-state index is 0.00735. The standard InChI is InChI=1S/C41H67NO8/c1-23-21-27(33(35(7,8)46)48-26(4)44)49-31-30(23)36(9)17-18-40-24(2)41(40)16-14-29(50-38(11)22-42(25(3)43)19-20-47-38)34(5,6)37(41,10)15-13-28(40)39(36,12)32(31)45/h23-24,27-33,45-46H,13-22H2,1-12H3/t23-,24+,27-,28+,29+,30+,31+,32+,33+,36-,37+,38+,39-,40+,41-/m1/s1. The van der Waals surface area contributed by atoms with E-state index in [2.05, 4.69) is 48.5 Å². The van der Waals surface area contributed by atoms with Gasteiger partial charge in [-0.2, -0.15) is 0 Å². The Morgan fingerprint density at radius 2 is 1.66 bits per heavy atom. The second-order valence-corrected chi connectivity index (χ2v) is 20.2. The number of carbonyl (C=O) groups excluding carboxylic acids is 2. The molecule has 5 aliphatic carbocycles. The average molecular weight is 702 g/mol. The predicted molar refractivity (Wildman–Crippen MR) is 189 cm³/mol. The van der Waals surface area contributed by atoms with E-state index in [9.17, 15) is 19.8 Å². The van der Waals surface area contributed by atoms with Crippen molar-refractivity contribution in [2.45, 2.75) is 170 Å². The van der Waals surface area contributed by atoms with Crippen molar-refractivity contribution in [3.63, 3.8) is 0 Å². The second-order valence-electron chi connectivity index (χ2n) is 20.2. The first-order chi connectivity index (χ1) is 23.0. The Bertz CT molecular complexity index is 1410. The molecule has 9 heteroatoms. The molecule has 2 saturated heterocycles. The molecule has 1 amide bonds. The van der Waals surface area contributed by atoms with E-state index in [-0.39, 0.29) is 62.4 Å². The molecule has 2 heterocycles. The van der Waals surface area contributed by atoms with Crippen LogP contribution < -0.4 is 0 Å². The zero-order chi connectivity index (χ0) is 36.8. The molecule has 0 unspecified atom stereocenters. The van der Waals surface area contributed by atoms with Gasteiger partial charge in [-0.25, -0.2) is 0 Å². The molecule has 284 valence electrons. The topological polar surface area (TPSA) is 115 Å². The van der Waals surface area contributed by atoms with E-state index in [1.165, 1.54) is 13.3 Å². The fraction of sp³-hybridized carbons (Fsp3) is 0.951. The first-order valence-electron chi connectivity index (χ1n) is 19.8. The molecular formula is C41H67NO8. The van der Waals surface area contributed by atoms with Gasteiger partial charge in [-0.1, -0.05) is 48.5 Å². The number of hydrogen-bond donors (Lipinski definition) is 2. The highest BCUT2D eigenvalue weighted by Crippen LogP contribution is 2.94. The minimum Gasteiger partial charge on any atom is -0.457 e. The van der Waals surface area contributed by atoms with Crippen LogP contribution in [0.2, 0.25) is 0 Å². The van der Waals surface area contributed by atoms with E-state index < -0.39 is 35.7 Å². The SMILES string of the molecule is CC(=O)O[C@@H]([C@H]1C[C@@H](C)[C@H]2[C@H](O1)[C@H](O)[C@@]1(C)[C@@H]3CC[C@@]4(C)C(C)(C)[C@@H](O[C@@]5(C)CN(C(C)=O)CCO5)CC[C@@]45[C@@H](C)[C@@]35CC[C@]21C)C(C)(C)O. The molecule has 0 aromatic carbocycles. The Balaban J connectivity index is 1.19. The van der Waals surface area contributed by atoms with E-state index in [0.29, 0.717) is 38.0 Å². The van der Waals surface area contributed by atoms with Crippen LogP contribution in [0.25, 0.3) is 0 Å². The van der Waals surface area contributed by atoms with E-state index in [1.54, 1.807) is 20.8 Å². The Morgan fingerprint density at radius 1 is 0.980 bits per heavy atom. The van der Waals surface area contributed by atoms with Gasteiger partial charge in [-0.05, 0) is 116 Å². The predicted octanol–water partition coefficient (Wildman–Crippen LogP) is 6.12. The Hall–Kier alpha value is -1.26. The van der Waals surface area contributed by atoms with Crippen molar-refractivity contribution in [2.24, 2.45) is 56.2 Å². The maximum atomic E-state index is 12.7. The molecular weight excluding hydrogens is 634 g/mol. The van der Waals surface area contributed by atoms with E-state index in [1.807, 2.05) is 11.8 Å². The summed E-state index contributed by atoms with van der Waals surface area (Å²) >= 11 is 0. The molecule has 2 spiro atoms. The van der Waals surface area contributed by atoms with Crippen LogP contribution in [0.1, 0.15) is 128 Å². The third kappa shape index (κ3) is 4.42. The molecule has 50 heavy (non-hydrogen) atoms. The Morgan fingerprint density at radius 3 is 2.28 bits per heavy atom. The van der Waals surface area contributed by atoms with Crippen LogP contribution in [0.4, 0.5) is 0 Å². The van der Waals surface area contributed by atoms with Gasteiger partial charge in [-0.15, -0.1) is 0 Å². The number of rotatable bonds is 5. The van der Waals surface area contributed by atoms with Crippen LogP contribution in [0.3, 0.4) is 0 Å². The summed E-state index contributed by atoms with van der Waals surface area (Å²) in [5.41, 5.74) is -1.53. The van der Waals surface area contributed by atoms with Crippen molar-refractivity contribution < 1.29 is 38.7 Å². The average Bonchev–Trinajstić information content (AvgIpc) is 3.49. The summed E-state index contributed by atoms with van der Waals surface area (Å²) in [5.74, 6) is 0.123. The maximum absolute atomic E-state index is 12.7. The molecule has 9 nitrogen and oxygen atoms in total. The van der Waals surface area contributed by atoms with Crippen LogP contribution in [-0.2, 0) is 28.5 Å². The first-order valence-corrected chi connectivity index (χ1v) is 19.8. The van der Waals surface area contributed by atoms with Gasteiger partial charge in [0.05, 0.1) is 43.2 Å². The molecule has 5 saturated carbocycles. The van der Waals surface area contributed by atoms with Crippen molar-refractivity contribution in [3.8, 4) is 0 Å². The number of amides is 1. The van der Waals surface area contributed by atoms with Gasteiger partial charge in [-0.3, -0.25) is 9.59 Å². The minimum atomic E-state index is -1.27. The molecule has 0 bridgehead atoms. The number of fused-ring (bicyclic) bond motifs is 4. The summed E-state index contributed by atoms with van der Waals surface area (Å²) in [6.07, 6.45) is 4.79. The second kappa shape index (κ2) is 11.1. The lowest BCUT2D eigenvalue weighted by Crippen LogP contribution is -2.64. The van der Waals surface area contributed by atoms with Crippen molar-refractivity contribution in [3.05, 3.63) is 0 Å². The molecule has 0 radical (unpaired) electrons. The lowest BCUT2D eigenvalue weighted by molar-refractivity contribution is -0.313. The summed E-state index contributed by atoms with van der Waals surface area (Å²) in [5, 5.41) is 23.8. The van der Waals surface area contributed by atoms with Gasteiger partial charge in [0.2, 0.25) is 5.91 Å².